The van der Waals surface area contributed by atoms with Gasteiger partial charge < -0.3 is 15.5 Å². The fourth-order valence-corrected chi connectivity index (χ4v) is 1.35. The SMILES string of the molecule is C=Cc1ccc(CCNC(=O)C(O)CO)cc1. The monoisotopic (exact) mass is 235 g/mol. The predicted octanol–water partition coefficient (Wildman–Crippen LogP) is 0.342. The third-order valence-electron chi connectivity index (χ3n) is 2.40. The van der Waals surface area contributed by atoms with E-state index in [2.05, 4.69) is 11.9 Å². The Labute approximate surface area is 101 Å². The molecule has 0 saturated carbocycles. The molecular weight excluding hydrogens is 218 g/mol. The summed E-state index contributed by atoms with van der Waals surface area (Å²) in [6.45, 7) is 3.54. The number of aliphatic hydroxyl groups excluding tert-OH is 2. The van der Waals surface area contributed by atoms with Gasteiger partial charge in [0.05, 0.1) is 6.61 Å². The minimum absolute atomic E-state index is 0.434. The zero-order valence-corrected chi connectivity index (χ0v) is 9.60. The first-order valence-electron chi connectivity index (χ1n) is 5.45. The van der Waals surface area contributed by atoms with Crippen molar-refractivity contribution in [2.24, 2.45) is 0 Å². The molecule has 0 spiro atoms. The fraction of sp³-hybridized carbons (Fsp3) is 0.308. The van der Waals surface area contributed by atoms with Crippen molar-refractivity contribution in [2.45, 2.75) is 12.5 Å². The second-order valence-electron chi connectivity index (χ2n) is 3.69. The van der Waals surface area contributed by atoms with Crippen molar-refractivity contribution in [3.05, 3.63) is 42.0 Å². The average Bonchev–Trinajstić information content (AvgIpc) is 2.38. The van der Waals surface area contributed by atoms with Gasteiger partial charge in [-0.2, -0.15) is 0 Å². The lowest BCUT2D eigenvalue weighted by atomic mass is 10.1. The van der Waals surface area contributed by atoms with Crippen molar-refractivity contribution in [1.82, 2.24) is 5.32 Å². The van der Waals surface area contributed by atoms with Crippen molar-refractivity contribution in [1.29, 1.82) is 0 Å². The van der Waals surface area contributed by atoms with Gasteiger partial charge in [0.2, 0.25) is 0 Å². The molecule has 0 aliphatic heterocycles. The number of carbonyl (C=O) groups is 1. The van der Waals surface area contributed by atoms with Gasteiger partial charge in [0, 0.05) is 6.54 Å². The largest absolute Gasteiger partial charge is 0.393 e. The molecule has 92 valence electrons. The first-order chi connectivity index (χ1) is 8.17. The minimum Gasteiger partial charge on any atom is -0.393 e. The van der Waals surface area contributed by atoms with Crippen LogP contribution in [0, 0.1) is 0 Å². The average molecular weight is 235 g/mol. The van der Waals surface area contributed by atoms with Crippen molar-refractivity contribution in [3.8, 4) is 0 Å². The summed E-state index contributed by atoms with van der Waals surface area (Å²) < 4.78 is 0. The van der Waals surface area contributed by atoms with Gasteiger partial charge in [-0.15, -0.1) is 0 Å². The number of carbonyl (C=O) groups excluding carboxylic acids is 1. The van der Waals surface area contributed by atoms with Gasteiger partial charge in [-0.25, -0.2) is 0 Å². The Morgan fingerprint density at radius 1 is 1.41 bits per heavy atom. The van der Waals surface area contributed by atoms with E-state index in [1.165, 1.54) is 0 Å². The van der Waals surface area contributed by atoms with Gasteiger partial charge in [-0.1, -0.05) is 36.9 Å². The number of hydrogen-bond donors (Lipinski definition) is 3. The molecule has 0 radical (unpaired) electrons. The Morgan fingerprint density at radius 2 is 2.06 bits per heavy atom. The summed E-state index contributed by atoms with van der Waals surface area (Å²) in [5.74, 6) is -0.546. The molecule has 1 rings (SSSR count). The van der Waals surface area contributed by atoms with E-state index in [1.54, 1.807) is 6.08 Å². The lowest BCUT2D eigenvalue weighted by Crippen LogP contribution is -2.37. The van der Waals surface area contributed by atoms with Crippen LogP contribution in [0.5, 0.6) is 0 Å². The number of hydrogen-bond acceptors (Lipinski definition) is 3. The van der Waals surface area contributed by atoms with Gasteiger partial charge in [0.1, 0.15) is 0 Å². The fourth-order valence-electron chi connectivity index (χ4n) is 1.35. The van der Waals surface area contributed by atoms with E-state index in [9.17, 15) is 4.79 Å². The third kappa shape index (κ3) is 4.38. The Morgan fingerprint density at radius 3 is 2.59 bits per heavy atom. The summed E-state index contributed by atoms with van der Waals surface area (Å²) in [5.41, 5.74) is 2.14. The topological polar surface area (TPSA) is 69.6 Å². The number of amides is 1. The summed E-state index contributed by atoms with van der Waals surface area (Å²) in [7, 11) is 0. The van der Waals surface area contributed by atoms with E-state index in [0.717, 1.165) is 11.1 Å². The molecule has 17 heavy (non-hydrogen) atoms. The molecule has 0 saturated heterocycles. The van der Waals surface area contributed by atoms with Crippen molar-refractivity contribution in [2.75, 3.05) is 13.2 Å². The quantitative estimate of drug-likeness (QED) is 0.666. The normalized spacial score (nSPS) is 11.9. The van der Waals surface area contributed by atoms with E-state index in [1.807, 2.05) is 24.3 Å². The van der Waals surface area contributed by atoms with Crippen LogP contribution in [0.3, 0.4) is 0 Å². The van der Waals surface area contributed by atoms with Crippen LogP contribution in [0.4, 0.5) is 0 Å². The molecular formula is C13H17NO3. The van der Waals surface area contributed by atoms with Gasteiger partial charge >= 0.3 is 0 Å². The number of rotatable bonds is 6. The smallest absolute Gasteiger partial charge is 0.251 e. The van der Waals surface area contributed by atoms with Crippen molar-refractivity contribution < 1.29 is 15.0 Å². The minimum atomic E-state index is -1.34. The molecule has 3 N–H and O–H groups in total. The van der Waals surface area contributed by atoms with Crippen molar-refractivity contribution in [3.63, 3.8) is 0 Å². The predicted molar refractivity (Wildman–Crippen MR) is 66.3 cm³/mol. The van der Waals surface area contributed by atoms with Crippen LogP contribution in [0.15, 0.2) is 30.8 Å². The first-order valence-corrected chi connectivity index (χ1v) is 5.45. The van der Waals surface area contributed by atoms with E-state index >= 15 is 0 Å². The highest BCUT2D eigenvalue weighted by atomic mass is 16.3. The number of nitrogens with one attached hydrogen (secondary N) is 1. The molecule has 1 aromatic rings. The highest BCUT2D eigenvalue weighted by Gasteiger charge is 2.11. The molecule has 1 aromatic carbocycles. The Balaban J connectivity index is 2.35. The van der Waals surface area contributed by atoms with Gasteiger partial charge in [0.25, 0.3) is 5.91 Å². The molecule has 0 fully saturated rings. The first kappa shape index (κ1) is 13.4. The second-order valence-corrected chi connectivity index (χ2v) is 3.69. The molecule has 0 bridgehead atoms. The molecule has 1 atom stereocenters. The lowest BCUT2D eigenvalue weighted by Gasteiger charge is -2.08. The standard InChI is InChI=1S/C13H17NO3/c1-2-10-3-5-11(6-4-10)7-8-14-13(17)12(16)9-15/h2-6,12,15-16H,1,7-9H2,(H,14,17). The van der Waals surface area contributed by atoms with Crippen LogP contribution < -0.4 is 5.32 Å². The van der Waals surface area contributed by atoms with E-state index in [0.29, 0.717) is 13.0 Å². The van der Waals surface area contributed by atoms with Crippen LogP contribution >= 0.6 is 0 Å². The lowest BCUT2D eigenvalue weighted by molar-refractivity contribution is -0.131. The molecule has 4 heteroatoms. The molecule has 4 nitrogen and oxygen atoms in total. The Hall–Kier alpha value is -1.65. The van der Waals surface area contributed by atoms with Gasteiger partial charge in [0.15, 0.2) is 6.10 Å². The van der Waals surface area contributed by atoms with Crippen LogP contribution in [-0.4, -0.2) is 35.4 Å². The highest BCUT2D eigenvalue weighted by molar-refractivity contribution is 5.80. The van der Waals surface area contributed by atoms with Crippen LogP contribution in [-0.2, 0) is 11.2 Å². The number of aliphatic hydroxyl groups is 2. The molecule has 0 heterocycles. The number of benzene rings is 1. The van der Waals surface area contributed by atoms with Gasteiger partial charge in [-0.3, -0.25) is 4.79 Å². The summed E-state index contributed by atoms with van der Waals surface area (Å²) in [4.78, 5) is 11.1. The summed E-state index contributed by atoms with van der Waals surface area (Å²) in [5, 5.41) is 20.1. The van der Waals surface area contributed by atoms with E-state index in [4.69, 9.17) is 10.2 Å². The van der Waals surface area contributed by atoms with Crippen molar-refractivity contribution >= 4 is 12.0 Å². The van der Waals surface area contributed by atoms with E-state index < -0.39 is 18.6 Å². The maximum Gasteiger partial charge on any atom is 0.251 e. The van der Waals surface area contributed by atoms with Crippen LogP contribution in [0.1, 0.15) is 11.1 Å². The highest BCUT2D eigenvalue weighted by Crippen LogP contribution is 2.05. The second kappa shape index (κ2) is 6.83. The maximum atomic E-state index is 11.1. The Kier molecular flexibility index (Phi) is 5.39. The molecule has 1 amide bonds. The van der Waals surface area contributed by atoms with Gasteiger partial charge in [-0.05, 0) is 17.5 Å². The molecule has 0 aliphatic carbocycles. The Bertz CT molecular complexity index is 373. The summed E-state index contributed by atoms with van der Waals surface area (Å²) in [6, 6.07) is 7.83. The van der Waals surface area contributed by atoms with Crippen LogP contribution in [0.25, 0.3) is 6.08 Å². The molecule has 0 aliphatic rings. The van der Waals surface area contributed by atoms with Crippen LogP contribution in [0.2, 0.25) is 0 Å². The summed E-state index contributed by atoms with van der Waals surface area (Å²) in [6.07, 6.45) is 1.11. The third-order valence-corrected chi connectivity index (χ3v) is 2.40. The molecule has 1 unspecified atom stereocenters. The maximum absolute atomic E-state index is 11.1. The zero-order valence-electron chi connectivity index (χ0n) is 9.60. The zero-order chi connectivity index (χ0) is 12.7. The summed E-state index contributed by atoms with van der Waals surface area (Å²) >= 11 is 0. The molecule has 0 aromatic heterocycles. The van der Waals surface area contributed by atoms with E-state index in [-0.39, 0.29) is 0 Å².